The summed E-state index contributed by atoms with van der Waals surface area (Å²) in [5, 5.41) is 13.0. The Hall–Kier alpha value is -1.87. The van der Waals surface area contributed by atoms with E-state index in [1.165, 1.54) is 16.3 Å². The highest BCUT2D eigenvalue weighted by Gasteiger charge is 2.37. The van der Waals surface area contributed by atoms with Gasteiger partial charge in [0.1, 0.15) is 0 Å². The minimum atomic E-state index is -0.461. The Balaban J connectivity index is 1.53. The molecule has 3 heteroatoms. The standard InChI is InChI=1S/C19H21NO2/c21-18-12-20(19(22)14-6-7-14)10-9-17(18)16-8-5-13-3-1-2-4-15(13)11-16/h1-5,8,11,14,17-18,21H,6-7,9-10,12H2/t17-,18+/m0/s1. The van der Waals surface area contributed by atoms with Gasteiger partial charge in [-0.3, -0.25) is 4.79 Å². The molecular formula is C19H21NO2. The van der Waals surface area contributed by atoms with Gasteiger partial charge in [0.2, 0.25) is 5.91 Å². The first-order valence-corrected chi connectivity index (χ1v) is 8.18. The Bertz CT molecular complexity index is 707. The van der Waals surface area contributed by atoms with Crippen molar-refractivity contribution >= 4 is 16.7 Å². The number of carbonyl (C=O) groups excluding carboxylic acids is 1. The summed E-state index contributed by atoms with van der Waals surface area (Å²) in [5.74, 6) is 0.619. The molecule has 0 aromatic heterocycles. The van der Waals surface area contributed by atoms with Gasteiger partial charge < -0.3 is 10.0 Å². The number of fused-ring (bicyclic) bond motifs is 1. The molecule has 1 heterocycles. The molecule has 2 aromatic rings. The molecule has 0 bridgehead atoms. The number of rotatable bonds is 2. The number of β-amino-alcohol motifs (C(OH)–C–C–N with tert-alkyl or cyclic N) is 1. The molecule has 3 nitrogen and oxygen atoms in total. The van der Waals surface area contributed by atoms with Crippen LogP contribution >= 0.6 is 0 Å². The minimum Gasteiger partial charge on any atom is -0.391 e. The summed E-state index contributed by atoms with van der Waals surface area (Å²) in [4.78, 5) is 14.0. The van der Waals surface area contributed by atoms with Gasteiger partial charge in [-0.25, -0.2) is 0 Å². The van der Waals surface area contributed by atoms with E-state index in [0.29, 0.717) is 6.54 Å². The highest BCUT2D eigenvalue weighted by molar-refractivity contribution is 5.83. The van der Waals surface area contributed by atoms with Crippen LogP contribution in [0.3, 0.4) is 0 Å². The number of hydrogen-bond acceptors (Lipinski definition) is 2. The van der Waals surface area contributed by atoms with Crippen LogP contribution in [0.15, 0.2) is 42.5 Å². The number of nitrogens with zero attached hydrogens (tertiary/aromatic N) is 1. The summed E-state index contributed by atoms with van der Waals surface area (Å²) < 4.78 is 0. The fourth-order valence-corrected chi connectivity index (χ4v) is 3.55. The van der Waals surface area contributed by atoms with Gasteiger partial charge in [0.05, 0.1) is 6.10 Å². The average molecular weight is 295 g/mol. The van der Waals surface area contributed by atoms with Crippen molar-refractivity contribution in [3.05, 3.63) is 48.0 Å². The van der Waals surface area contributed by atoms with Gasteiger partial charge in [-0.1, -0.05) is 42.5 Å². The molecule has 1 aliphatic carbocycles. The van der Waals surface area contributed by atoms with E-state index in [1.54, 1.807) is 0 Å². The SMILES string of the molecule is O=C(C1CC1)N1CC[C@@H](c2ccc3ccccc3c2)[C@H](O)C1. The van der Waals surface area contributed by atoms with Crippen molar-refractivity contribution in [1.29, 1.82) is 0 Å². The lowest BCUT2D eigenvalue weighted by Crippen LogP contribution is -2.46. The zero-order chi connectivity index (χ0) is 15.1. The third-order valence-corrected chi connectivity index (χ3v) is 5.02. The molecule has 2 aromatic carbocycles. The molecule has 0 spiro atoms. The molecule has 1 N–H and O–H groups in total. The number of likely N-dealkylation sites (tertiary alicyclic amines) is 1. The predicted octanol–water partition coefficient (Wildman–Crippen LogP) is 2.93. The number of hydrogen-bond donors (Lipinski definition) is 1. The number of aliphatic hydroxyl groups excluding tert-OH is 1. The largest absolute Gasteiger partial charge is 0.391 e. The van der Waals surface area contributed by atoms with Crippen LogP contribution in [-0.4, -0.2) is 35.1 Å². The van der Waals surface area contributed by atoms with Crippen LogP contribution in [0.25, 0.3) is 10.8 Å². The van der Waals surface area contributed by atoms with Crippen LogP contribution in [0.4, 0.5) is 0 Å². The van der Waals surface area contributed by atoms with E-state index < -0.39 is 6.10 Å². The summed E-state index contributed by atoms with van der Waals surface area (Å²) in [5.41, 5.74) is 1.18. The molecule has 1 saturated carbocycles. The van der Waals surface area contributed by atoms with E-state index in [2.05, 4.69) is 30.3 Å². The van der Waals surface area contributed by atoms with Crippen molar-refractivity contribution in [2.45, 2.75) is 31.3 Å². The van der Waals surface area contributed by atoms with Gasteiger partial charge in [0.15, 0.2) is 0 Å². The number of benzene rings is 2. The van der Waals surface area contributed by atoms with Gasteiger partial charge in [0.25, 0.3) is 0 Å². The van der Waals surface area contributed by atoms with Crippen LogP contribution < -0.4 is 0 Å². The van der Waals surface area contributed by atoms with E-state index in [4.69, 9.17) is 0 Å². The molecule has 2 fully saturated rings. The lowest BCUT2D eigenvalue weighted by molar-refractivity contribution is -0.136. The van der Waals surface area contributed by atoms with Gasteiger partial charge in [-0.2, -0.15) is 0 Å². The maximum absolute atomic E-state index is 12.1. The third kappa shape index (κ3) is 2.50. The maximum Gasteiger partial charge on any atom is 0.225 e. The molecular weight excluding hydrogens is 274 g/mol. The van der Waals surface area contributed by atoms with Crippen molar-refractivity contribution in [3.8, 4) is 0 Å². The molecule has 1 amide bonds. The van der Waals surface area contributed by atoms with Crippen molar-refractivity contribution in [3.63, 3.8) is 0 Å². The first-order valence-electron chi connectivity index (χ1n) is 8.18. The topological polar surface area (TPSA) is 40.5 Å². The van der Waals surface area contributed by atoms with Gasteiger partial charge in [0, 0.05) is 24.9 Å². The monoisotopic (exact) mass is 295 g/mol. The van der Waals surface area contributed by atoms with Crippen molar-refractivity contribution in [2.75, 3.05) is 13.1 Å². The number of carbonyl (C=O) groups is 1. The van der Waals surface area contributed by atoms with Gasteiger partial charge in [-0.15, -0.1) is 0 Å². The van der Waals surface area contributed by atoms with E-state index in [9.17, 15) is 9.90 Å². The summed E-state index contributed by atoms with van der Waals surface area (Å²) in [6.07, 6.45) is 2.44. The predicted molar refractivity (Wildman–Crippen MR) is 86.6 cm³/mol. The second-order valence-electron chi connectivity index (χ2n) is 6.63. The normalized spacial score (nSPS) is 25.4. The molecule has 1 saturated heterocycles. The van der Waals surface area contributed by atoms with Crippen LogP contribution in [-0.2, 0) is 4.79 Å². The molecule has 114 valence electrons. The zero-order valence-electron chi connectivity index (χ0n) is 12.6. The van der Waals surface area contributed by atoms with Crippen LogP contribution in [0.5, 0.6) is 0 Å². The summed E-state index contributed by atoms with van der Waals surface area (Å²) in [6, 6.07) is 14.7. The fourth-order valence-electron chi connectivity index (χ4n) is 3.55. The molecule has 1 aliphatic heterocycles. The Labute approximate surface area is 130 Å². The third-order valence-electron chi connectivity index (χ3n) is 5.02. The average Bonchev–Trinajstić information content (AvgIpc) is 3.38. The first-order chi connectivity index (χ1) is 10.7. The van der Waals surface area contributed by atoms with Crippen molar-refractivity contribution in [1.82, 2.24) is 4.90 Å². The Morgan fingerprint density at radius 3 is 2.55 bits per heavy atom. The Morgan fingerprint density at radius 1 is 1.05 bits per heavy atom. The highest BCUT2D eigenvalue weighted by Crippen LogP contribution is 2.35. The molecule has 22 heavy (non-hydrogen) atoms. The number of piperidine rings is 1. The molecule has 2 atom stereocenters. The van der Waals surface area contributed by atoms with Crippen LogP contribution in [0.2, 0.25) is 0 Å². The van der Waals surface area contributed by atoms with Gasteiger partial charge in [-0.05, 0) is 35.6 Å². The summed E-state index contributed by atoms with van der Waals surface area (Å²) in [7, 11) is 0. The molecule has 2 aliphatic rings. The van der Waals surface area contributed by atoms with E-state index in [-0.39, 0.29) is 17.7 Å². The maximum atomic E-state index is 12.1. The van der Waals surface area contributed by atoms with E-state index in [1.807, 2.05) is 17.0 Å². The second kappa shape index (κ2) is 5.40. The van der Waals surface area contributed by atoms with Crippen molar-refractivity contribution < 1.29 is 9.90 Å². The lowest BCUT2D eigenvalue weighted by Gasteiger charge is -2.36. The highest BCUT2D eigenvalue weighted by atomic mass is 16.3. The summed E-state index contributed by atoms with van der Waals surface area (Å²) in [6.45, 7) is 1.25. The smallest absolute Gasteiger partial charge is 0.225 e. The van der Waals surface area contributed by atoms with Crippen LogP contribution in [0, 0.1) is 5.92 Å². The minimum absolute atomic E-state index is 0.132. The Morgan fingerprint density at radius 2 is 1.82 bits per heavy atom. The fraction of sp³-hybridized carbons (Fsp3) is 0.421. The second-order valence-corrected chi connectivity index (χ2v) is 6.63. The van der Waals surface area contributed by atoms with Gasteiger partial charge >= 0.3 is 0 Å². The number of amides is 1. The summed E-state index contributed by atoms with van der Waals surface area (Å²) >= 11 is 0. The Kier molecular flexibility index (Phi) is 3.38. The van der Waals surface area contributed by atoms with Crippen LogP contribution in [0.1, 0.15) is 30.7 Å². The molecule has 4 rings (SSSR count). The number of aliphatic hydroxyl groups is 1. The van der Waals surface area contributed by atoms with Crippen molar-refractivity contribution in [2.24, 2.45) is 5.92 Å². The van der Waals surface area contributed by atoms with E-state index >= 15 is 0 Å². The molecule has 0 unspecified atom stereocenters. The first kappa shape index (κ1) is 13.8. The lowest BCUT2D eigenvalue weighted by atomic mass is 9.86. The quantitative estimate of drug-likeness (QED) is 0.925. The van der Waals surface area contributed by atoms with E-state index in [0.717, 1.165) is 25.8 Å². The molecule has 0 radical (unpaired) electrons. The zero-order valence-corrected chi connectivity index (χ0v) is 12.6.